The van der Waals surface area contributed by atoms with E-state index in [0.29, 0.717) is 25.8 Å². The summed E-state index contributed by atoms with van der Waals surface area (Å²) in [5, 5.41) is 12.0. The van der Waals surface area contributed by atoms with Gasteiger partial charge in [-0.15, -0.1) is 11.3 Å². The van der Waals surface area contributed by atoms with E-state index in [-0.39, 0.29) is 65.8 Å². The molecule has 3 rings (SSSR count). The van der Waals surface area contributed by atoms with Crippen molar-refractivity contribution in [1.29, 1.82) is 0 Å². The van der Waals surface area contributed by atoms with Crippen LogP contribution in [0, 0.1) is 29.6 Å². The Morgan fingerprint density at radius 3 is 2.00 bits per heavy atom. The second-order valence-corrected chi connectivity index (χ2v) is 19.0. The smallest absolute Gasteiger partial charge is 0.245 e. The van der Waals surface area contributed by atoms with E-state index in [1.807, 2.05) is 103 Å². The van der Waals surface area contributed by atoms with Gasteiger partial charge in [0.2, 0.25) is 29.5 Å². The zero-order valence-corrected chi connectivity index (χ0v) is 40.7. The van der Waals surface area contributed by atoms with Crippen molar-refractivity contribution >= 4 is 40.9 Å². The van der Waals surface area contributed by atoms with Crippen molar-refractivity contribution in [2.45, 2.75) is 143 Å². The summed E-state index contributed by atoms with van der Waals surface area (Å²) in [4.78, 5) is 80.0. The molecule has 1 saturated heterocycles. The Kier molecular flexibility index (Phi) is 21.0. The van der Waals surface area contributed by atoms with Crippen LogP contribution in [0.3, 0.4) is 0 Å². The molecular weight excluding hydrogens is 807 g/mol. The van der Waals surface area contributed by atoms with Gasteiger partial charge in [-0.25, -0.2) is 4.98 Å². The summed E-state index contributed by atoms with van der Waals surface area (Å²) in [5.41, 5.74) is 1.08. The van der Waals surface area contributed by atoms with E-state index in [9.17, 15) is 24.0 Å². The molecule has 5 amide bonds. The zero-order valence-electron chi connectivity index (χ0n) is 39.8. The van der Waals surface area contributed by atoms with Gasteiger partial charge in [-0.2, -0.15) is 0 Å². The van der Waals surface area contributed by atoms with E-state index in [4.69, 9.17) is 9.47 Å². The molecule has 1 aromatic heterocycles. The average Bonchev–Trinajstić information content (AvgIpc) is 3.96. The highest BCUT2D eigenvalue weighted by atomic mass is 32.1. The zero-order chi connectivity index (χ0) is 46.4. The molecule has 1 aromatic carbocycles. The van der Waals surface area contributed by atoms with E-state index < -0.39 is 48.2 Å². The number of amides is 5. The quantitative estimate of drug-likeness (QED) is 0.127. The van der Waals surface area contributed by atoms with Crippen LogP contribution in [-0.2, 0) is 39.9 Å². The van der Waals surface area contributed by atoms with E-state index in [1.54, 1.807) is 46.5 Å². The van der Waals surface area contributed by atoms with Crippen LogP contribution in [-0.4, -0.2) is 134 Å². The first-order valence-corrected chi connectivity index (χ1v) is 23.3. The number of likely N-dealkylation sites (N-methyl/N-ethyl adjacent to an activating group) is 3. The summed E-state index contributed by atoms with van der Waals surface area (Å²) in [6, 6.07) is 6.63. The molecule has 348 valence electrons. The van der Waals surface area contributed by atoms with Gasteiger partial charge < -0.3 is 40.1 Å². The Labute approximate surface area is 375 Å². The Morgan fingerprint density at radius 2 is 1.48 bits per heavy atom. The normalized spacial score (nSPS) is 18.7. The molecule has 1 aliphatic heterocycles. The minimum atomic E-state index is -0.900. The lowest BCUT2D eigenvalue weighted by Crippen LogP contribution is -2.61. The third-order valence-electron chi connectivity index (χ3n) is 12.7. The molecule has 2 heterocycles. The van der Waals surface area contributed by atoms with Gasteiger partial charge in [-0.1, -0.05) is 99.1 Å². The molecule has 62 heavy (non-hydrogen) atoms. The van der Waals surface area contributed by atoms with Crippen LogP contribution in [0.5, 0.6) is 0 Å². The number of hydrogen-bond donors (Lipinski definition) is 3. The number of carbonyl (C=O) groups excluding carboxylic acids is 5. The average molecular weight is 884 g/mol. The lowest BCUT2D eigenvalue weighted by molar-refractivity contribution is -0.149. The summed E-state index contributed by atoms with van der Waals surface area (Å²) in [7, 11) is 8.23. The van der Waals surface area contributed by atoms with E-state index in [0.717, 1.165) is 17.0 Å². The highest BCUT2D eigenvalue weighted by molar-refractivity contribution is 7.09. The van der Waals surface area contributed by atoms with Crippen molar-refractivity contribution in [2.75, 3.05) is 41.9 Å². The summed E-state index contributed by atoms with van der Waals surface area (Å²) >= 11 is 1.50. The number of hydrogen-bond acceptors (Lipinski definition) is 10. The van der Waals surface area contributed by atoms with Crippen LogP contribution < -0.4 is 16.0 Å². The van der Waals surface area contributed by atoms with Crippen molar-refractivity contribution < 1.29 is 33.4 Å². The number of ether oxygens (including phenoxy) is 2. The van der Waals surface area contributed by atoms with Crippen LogP contribution in [0.1, 0.15) is 105 Å². The maximum atomic E-state index is 14.6. The van der Waals surface area contributed by atoms with Crippen LogP contribution in [0.2, 0.25) is 0 Å². The number of nitrogens with one attached hydrogen (secondary N) is 3. The first-order chi connectivity index (χ1) is 29.3. The van der Waals surface area contributed by atoms with E-state index in [2.05, 4.69) is 20.9 Å². The number of carbonyl (C=O) groups is 5. The first kappa shape index (κ1) is 52.4. The number of methoxy groups -OCH3 is 2. The van der Waals surface area contributed by atoms with Gasteiger partial charge in [0.25, 0.3) is 0 Å². The second kappa shape index (κ2) is 24.8. The predicted molar refractivity (Wildman–Crippen MR) is 245 cm³/mol. The number of rotatable bonds is 24. The monoisotopic (exact) mass is 884 g/mol. The summed E-state index contributed by atoms with van der Waals surface area (Å²) < 4.78 is 12.1. The molecule has 0 bridgehead atoms. The Hall–Kier alpha value is -3.92. The van der Waals surface area contributed by atoms with Gasteiger partial charge in [-0.3, -0.25) is 24.0 Å². The SMILES string of the molecule is CC[C@H](C)[C@@H]([C@@H](CC(=O)N1CCC[C@H]1[C@H](OC)[C@@H](C)C(=O)N[C@@H](Cc1ccccc1)c1nccs1)OC)N(C)C(=O)[C@@H](NC(=O)C(C(C)C)N(C)C(=O)[C@@H](NC)C(C)C)C(C)C. The van der Waals surface area contributed by atoms with Crippen LogP contribution in [0.15, 0.2) is 41.9 Å². The molecule has 0 saturated carbocycles. The van der Waals surface area contributed by atoms with Gasteiger partial charge in [0.05, 0.1) is 48.7 Å². The van der Waals surface area contributed by atoms with Gasteiger partial charge in [0.15, 0.2) is 0 Å². The van der Waals surface area contributed by atoms with Crippen molar-refractivity contribution in [1.82, 2.24) is 35.6 Å². The van der Waals surface area contributed by atoms with Crippen molar-refractivity contribution in [2.24, 2.45) is 29.6 Å². The Balaban J connectivity index is 1.81. The third-order valence-corrected chi connectivity index (χ3v) is 13.6. The molecule has 1 unspecified atom stereocenters. The fraction of sp³-hybridized carbons (Fsp3) is 0.702. The predicted octanol–water partition coefficient (Wildman–Crippen LogP) is 5.33. The fourth-order valence-electron chi connectivity index (χ4n) is 9.06. The molecule has 3 N–H and O–H groups in total. The maximum Gasteiger partial charge on any atom is 0.245 e. The molecule has 0 aliphatic carbocycles. The minimum absolute atomic E-state index is 0.00332. The molecule has 2 aromatic rings. The van der Waals surface area contributed by atoms with Crippen LogP contribution in [0.4, 0.5) is 0 Å². The molecule has 10 atom stereocenters. The number of aromatic nitrogens is 1. The van der Waals surface area contributed by atoms with Crippen molar-refractivity contribution in [3.05, 3.63) is 52.5 Å². The highest BCUT2D eigenvalue weighted by Crippen LogP contribution is 2.31. The molecular formula is C47H77N7O7S. The van der Waals surface area contributed by atoms with E-state index in [1.165, 1.54) is 16.2 Å². The van der Waals surface area contributed by atoms with Crippen LogP contribution >= 0.6 is 11.3 Å². The molecule has 0 spiro atoms. The molecule has 1 fully saturated rings. The van der Waals surface area contributed by atoms with E-state index >= 15 is 0 Å². The molecule has 15 heteroatoms. The summed E-state index contributed by atoms with van der Waals surface area (Å²) in [6.07, 6.45) is 3.22. The third kappa shape index (κ3) is 13.3. The van der Waals surface area contributed by atoms with Crippen molar-refractivity contribution in [3.63, 3.8) is 0 Å². The maximum absolute atomic E-state index is 14.6. The van der Waals surface area contributed by atoms with Gasteiger partial charge >= 0.3 is 0 Å². The highest BCUT2D eigenvalue weighted by Gasteiger charge is 2.44. The summed E-state index contributed by atoms with van der Waals surface area (Å²) in [5.74, 6) is -2.38. The molecule has 14 nitrogen and oxygen atoms in total. The van der Waals surface area contributed by atoms with Gasteiger partial charge in [0, 0.05) is 46.4 Å². The fourth-order valence-corrected chi connectivity index (χ4v) is 9.75. The molecule has 0 radical (unpaired) electrons. The standard InChI is InChI=1S/C47H77N7O7S/c1-15-31(8)41(53(12)47(59)39(29(4)5)51-44(57)40(30(6)7)52(11)46(58)38(48-10)28(2)3)36(60-13)27-37(55)54-24-19-22-35(54)42(61-14)32(9)43(56)50-34(45-49-23-25-62-45)26-33-20-17-16-18-21-33/h16-18,20-21,23,25,28-32,34-36,38-42,48H,15,19,22,24,26-27H2,1-14H3,(H,50,56)(H,51,57)/t31-,32+,34-,35-,36+,38-,39-,40?,41-,42+/m0/s1. The van der Waals surface area contributed by atoms with Gasteiger partial charge in [-0.05, 0) is 55.5 Å². The van der Waals surface area contributed by atoms with Crippen molar-refractivity contribution in [3.8, 4) is 0 Å². The minimum Gasteiger partial charge on any atom is -0.379 e. The van der Waals surface area contributed by atoms with Gasteiger partial charge in [0.1, 0.15) is 17.1 Å². The topological polar surface area (TPSA) is 163 Å². The Morgan fingerprint density at radius 1 is 0.855 bits per heavy atom. The Bertz CT molecular complexity index is 1710. The lowest BCUT2D eigenvalue weighted by Gasteiger charge is -2.41. The number of thiazole rings is 1. The molecule has 1 aliphatic rings. The largest absolute Gasteiger partial charge is 0.379 e. The number of nitrogens with zero attached hydrogens (tertiary/aromatic N) is 4. The van der Waals surface area contributed by atoms with Crippen LogP contribution in [0.25, 0.3) is 0 Å². The second-order valence-electron chi connectivity index (χ2n) is 18.1. The number of likely N-dealkylation sites (tertiary alicyclic amines) is 1. The lowest BCUT2D eigenvalue weighted by atomic mass is 9.89. The summed E-state index contributed by atoms with van der Waals surface area (Å²) in [6.45, 7) is 17.9. The first-order valence-electron chi connectivity index (χ1n) is 22.4. The number of benzene rings is 1.